The van der Waals surface area contributed by atoms with Crippen LogP contribution in [0.3, 0.4) is 0 Å². The average molecular weight is 213 g/mol. The van der Waals surface area contributed by atoms with E-state index in [9.17, 15) is 5.11 Å². The third kappa shape index (κ3) is 5.53. The van der Waals surface area contributed by atoms with Gasteiger partial charge in [0.25, 0.3) is 0 Å². The van der Waals surface area contributed by atoms with E-state index in [4.69, 9.17) is 0 Å². The van der Waals surface area contributed by atoms with Crippen molar-refractivity contribution in [2.45, 2.75) is 76.9 Å². The Kier molecular flexibility index (Phi) is 7.03. The van der Waals surface area contributed by atoms with Crippen LogP contribution in [0, 0.1) is 0 Å². The van der Waals surface area contributed by atoms with Crippen LogP contribution >= 0.6 is 0 Å². The Morgan fingerprint density at radius 2 is 2.07 bits per heavy atom. The predicted octanol–water partition coefficient (Wildman–Crippen LogP) is 2.85. The van der Waals surface area contributed by atoms with E-state index < -0.39 is 0 Å². The van der Waals surface area contributed by atoms with Crippen LogP contribution in [0.2, 0.25) is 0 Å². The molecule has 0 aromatic rings. The molecule has 0 aliphatic carbocycles. The number of unbranched alkanes of at least 4 members (excludes halogenated alkanes) is 3. The molecule has 1 heterocycles. The maximum absolute atomic E-state index is 10.0. The molecule has 2 atom stereocenters. The smallest absolute Gasteiger partial charge is 0.0693 e. The van der Waals surface area contributed by atoms with Crippen LogP contribution in [-0.4, -0.2) is 23.8 Å². The summed E-state index contributed by atoms with van der Waals surface area (Å²) in [6.07, 6.45) is 11.0. The van der Waals surface area contributed by atoms with Gasteiger partial charge in [0, 0.05) is 6.04 Å². The van der Waals surface area contributed by atoms with Crippen molar-refractivity contribution in [3.63, 3.8) is 0 Å². The van der Waals surface area contributed by atoms with E-state index in [2.05, 4.69) is 12.2 Å². The summed E-state index contributed by atoms with van der Waals surface area (Å²) in [6.45, 7) is 3.32. The summed E-state index contributed by atoms with van der Waals surface area (Å²) in [5.74, 6) is 0. The second-order valence-corrected chi connectivity index (χ2v) is 4.83. The van der Waals surface area contributed by atoms with Gasteiger partial charge in [-0.3, -0.25) is 0 Å². The van der Waals surface area contributed by atoms with Crippen LogP contribution in [0.15, 0.2) is 0 Å². The Balaban J connectivity index is 2.11. The Hall–Kier alpha value is -0.0800. The number of aliphatic hydroxyl groups excluding tert-OH is 1. The van der Waals surface area contributed by atoms with Gasteiger partial charge in [-0.2, -0.15) is 0 Å². The van der Waals surface area contributed by atoms with Crippen LogP contribution in [0.5, 0.6) is 0 Å². The minimum Gasteiger partial charge on any atom is -0.392 e. The number of rotatable bonds is 6. The fourth-order valence-electron chi connectivity index (χ4n) is 2.37. The summed E-state index contributed by atoms with van der Waals surface area (Å²) in [4.78, 5) is 0. The molecule has 0 spiro atoms. The molecular formula is C13H27NO. The molecule has 0 aromatic carbocycles. The first kappa shape index (κ1) is 13.0. The van der Waals surface area contributed by atoms with Crippen molar-refractivity contribution in [3.05, 3.63) is 0 Å². The second kappa shape index (κ2) is 8.12. The van der Waals surface area contributed by atoms with Gasteiger partial charge in [-0.1, -0.05) is 45.4 Å². The van der Waals surface area contributed by atoms with Gasteiger partial charge in [0.15, 0.2) is 0 Å². The van der Waals surface area contributed by atoms with Gasteiger partial charge in [0.2, 0.25) is 0 Å². The van der Waals surface area contributed by atoms with E-state index in [0.29, 0.717) is 6.04 Å². The normalized spacial score (nSPS) is 24.8. The standard InChI is InChI=1S/C13H27NO/c1-2-3-4-7-10-13(15)12-9-6-5-8-11-14-12/h12-15H,2-11H2,1H3. The minimum atomic E-state index is -0.111. The molecule has 0 bridgehead atoms. The first-order valence-corrected chi connectivity index (χ1v) is 6.76. The van der Waals surface area contributed by atoms with Gasteiger partial charge < -0.3 is 10.4 Å². The minimum absolute atomic E-state index is 0.111. The molecule has 2 heteroatoms. The molecule has 1 fully saturated rings. The summed E-state index contributed by atoms with van der Waals surface area (Å²) < 4.78 is 0. The second-order valence-electron chi connectivity index (χ2n) is 4.83. The summed E-state index contributed by atoms with van der Waals surface area (Å²) >= 11 is 0. The molecule has 0 aromatic heterocycles. The summed E-state index contributed by atoms with van der Waals surface area (Å²) in [6, 6.07) is 0.370. The van der Waals surface area contributed by atoms with E-state index in [1.54, 1.807) is 0 Å². The van der Waals surface area contributed by atoms with Gasteiger partial charge >= 0.3 is 0 Å². The number of hydrogen-bond acceptors (Lipinski definition) is 2. The van der Waals surface area contributed by atoms with Crippen molar-refractivity contribution in [2.24, 2.45) is 0 Å². The zero-order valence-corrected chi connectivity index (χ0v) is 10.2. The summed E-state index contributed by atoms with van der Waals surface area (Å²) in [5.41, 5.74) is 0. The van der Waals surface area contributed by atoms with Crippen LogP contribution in [-0.2, 0) is 0 Å². The van der Waals surface area contributed by atoms with E-state index in [-0.39, 0.29) is 6.10 Å². The highest BCUT2D eigenvalue weighted by Gasteiger charge is 2.19. The maximum atomic E-state index is 10.0. The zero-order chi connectivity index (χ0) is 10.9. The first-order chi connectivity index (χ1) is 7.34. The lowest BCUT2D eigenvalue weighted by Gasteiger charge is -2.22. The highest BCUT2D eigenvalue weighted by atomic mass is 16.3. The third-order valence-electron chi connectivity index (χ3n) is 3.42. The van der Waals surface area contributed by atoms with Crippen molar-refractivity contribution < 1.29 is 5.11 Å². The third-order valence-corrected chi connectivity index (χ3v) is 3.42. The Morgan fingerprint density at radius 3 is 2.87 bits per heavy atom. The largest absolute Gasteiger partial charge is 0.392 e. The van der Waals surface area contributed by atoms with Crippen molar-refractivity contribution in [2.75, 3.05) is 6.54 Å². The molecule has 2 nitrogen and oxygen atoms in total. The fourth-order valence-corrected chi connectivity index (χ4v) is 2.37. The molecule has 0 amide bonds. The molecule has 0 saturated carbocycles. The summed E-state index contributed by atoms with van der Waals surface area (Å²) in [7, 11) is 0. The number of hydrogen-bond donors (Lipinski definition) is 2. The quantitative estimate of drug-likeness (QED) is 0.665. The molecular weight excluding hydrogens is 186 g/mol. The van der Waals surface area contributed by atoms with Crippen LogP contribution in [0.1, 0.15) is 64.7 Å². The van der Waals surface area contributed by atoms with Crippen LogP contribution in [0.25, 0.3) is 0 Å². The monoisotopic (exact) mass is 213 g/mol. The Morgan fingerprint density at radius 1 is 1.20 bits per heavy atom. The molecule has 1 aliphatic rings. The highest BCUT2D eigenvalue weighted by molar-refractivity contribution is 4.78. The molecule has 1 aliphatic heterocycles. The van der Waals surface area contributed by atoms with Gasteiger partial charge in [-0.25, -0.2) is 0 Å². The fraction of sp³-hybridized carbons (Fsp3) is 1.00. The van der Waals surface area contributed by atoms with Crippen molar-refractivity contribution in [3.8, 4) is 0 Å². The van der Waals surface area contributed by atoms with E-state index in [1.807, 2.05) is 0 Å². The maximum Gasteiger partial charge on any atom is 0.0693 e. The van der Waals surface area contributed by atoms with E-state index in [0.717, 1.165) is 19.4 Å². The van der Waals surface area contributed by atoms with Crippen LogP contribution < -0.4 is 5.32 Å². The van der Waals surface area contributed by atoms with Gasteiger partial charge in [0.05, 0.1) is 6.10 Å². The highest BCUT2D eigenvalue weighted by Crippen LogP contribution is 2.15. The van der Waals surface area contributed by atoms with Crippen molar-refractivity contribution in [1.82, 2.24) is 5.32 Å². The SMILES string of the molecule is CCCCCCC(O)C1CCCCCN1. The number of aliphatic hydroxyl groups is 1. The average Bonchev–Trinajstić information content (AvgIpc) is 2.52. The molecule has 1 rings (SSSR count). The number of nitrogens with one attached hydrogen (secondary N) is 1. The lowest BCUT2D eigenvalue weighted by Crippen LogP contribution is -2.39. The van der Waals surface area contributed by atoms with Gasteiger partial charge in [0.1, 0.15) is 0 Å². The van der Waals surface area contributed by atoms with Crippen molar-refractivity contribution >= 4 is 0 Å². The Bertz CT molecular complexity index is 141. The summed E-state index contributed by atoms with van der Waals surface area (Å²) in [5, 5.41) is 13.5. The first-order valence-electron chi connectivity index (χ1n) is 6.76. The molecule has 2 N–H and O–H groups in total. The van der Waals surface area contributed by atoms with Crippen molar-refractivity contribution in [1.29, 1.82) is 0 Å². The van der Waals surface area contributed by atoms with Gasteiger partial charge in [-0.05, 0) is 25.8 Å². The topological polar surface area (TPSA) is 32.3 Å². The molecule has 2 unspecified atom stereocenters. The lowest BCUT2D eigenvalue weighted by molar-refractivity contribution is 0.113. The van der Waals surface area contributed by atoms with E-state index in [1.165, 1.54) is 44.9 Å². The predicted molar refractivity (Wildman–Crippen MR) is 65.0 cm³/mol. The molecule has 0 radical (unpaired) electrons. The van der Waals surface area contributed by atoms with Gasteiger partial charge in [-0.15, -0.1) is 0 Å². The lowest BCUT2D eigenvalue weighted by atomic mass is 10.00. The zero-order valence-electron chi connectivity index (χ0n) is 10.2. The Labute approximate surface area is 94.5 Å². The molecule has 1 saturated heterocycles. The van der Waals surface area contributed by atoms with E-state index >= 15 is 0 Å². The van der Waals surface area contributed by atoms with Crippen LogP contribution in [0.4, 0.5) is 0 Å². The molecule has 15 heavy (non-hydrogen) atoms. The molecule has 90 valence electrons.